The van der Waals surface area contributed by atoms with Gasteiger partial charge in [0.25, 0.3) is 5.91 Å². The zero-order valence-electron chi connectivity index (χ0n) is 11.3. The number of likely N-dealkylation sites (N-methyl/N-ethyl adjacent to an activating group) is 1. The van der Waals surface area contributed by atoms with Gasteiger partial charge < -0.3 is 20.1 Å². The van der Waals surface area contributed by atoms with Gasteiger partial charge in [0.05, 0.1) is 18.8 Å². The van der Waals surface area contributed by atoms with Crippen molar-refractivity contribution in [2.45, 2.75) is 13.0 Å². The fourth-order valence-electron chi connectivity index (χ4n) is 2.17. The Morgan fingerprint density at radius 3 is 2.90 bits per heavy atom. The van der Waals surface area contributed by atoms with E-state index in [1.807, 2.05) is 6.92 Å². The molecule has 0 bridgehead atoms. The third-order valence-electron chi connectivity index (χ3n) is 3.18. The molecule has 0 aromatic heterocycles. The van der Waals surface area contributed by atoms with Crippen LogP contribution >= 0.6 is 0 Å². The molecule has 0 saturated carbocycles. The molecule has 1 unspecified atom stereocenters. The van der Waals surface area contributed by atoms with E-state index in [0.717, 1.165) is 0 Å². The van der Waals surface area contributed by atoms with Gasteiger partial charge in [0.1, 0.15) is 11.8 Å². The van der Waals surface area contributed by atoms with Gasteiger partial charge in [-0.1, -0.05) is 12.1 Å². The molecule has 1 aliphatic heterocycles. The largest absolute Gasteiger partial charge is 0.507 e. The highest BCUT2D eigenvalue weighted by molar-refractivity contribution is 5.99. The maximum absolute atomic E-state index is 12.5. The number of benzene rings is 1. The Labute approximate surface area is 117 Å². The SMILES string of the molecule is CCNC(=O)C1COCCN1C(=O)c1ccccc1O. The normalized spacial score (nSPS) is 18.6. The van der Waals surface area contributed by atoms with E-state index in [4.69, 9.17) is 4.74 Å². The summed E-state index contributed by atoms with van der Waals surface area (Å²) in [5, 5.41) is 12.5. The number of para-hydroxylation sites is 1. The number of hydrogen-bond acceptors (Lipinski definition) is 4. The summed E-state index contributed by atoms with van der Waals surface area (Å²) < 4.78 is 5.28. The van der Waals surface area contributed by atoms with Crippen LogP contribution in [-0.4, -0.2) is 54.2 Å². The Hall–Kier alpha value is -2.08. The van der Waals surface area contributed by atoms with Gasteiger partial charge in [0.15, 0.2) is 0 Å². The van der Waals surface area contributed by atoms with Crippen molar-refractivity contribution in [3.8, 4) is 5.75 Å². The van der Waals surface area contributed by atoms with Gasteiger partial charge in [0.2, 0.25) is 5.91 Å². The Kier molecular flexibility index (Phi) is 4.57. The molecule has 1 saturated heterocycles. The van der Waals surface area contributed by atoms with E-state index in [2.05, 4.69) is 5.32 Å². The Morgan fingerprint density at radius 1 is 1.45 bits per heavy atom. The highest BCUT2D eigenvalue weighted by Crippen LogP contribution is 2.20. The molecule has 2 rings (SSSR count). The van der Waals surface area contributed by atoms with E-state index < -0.39 is 6.04 Å². The summed E-state index contributed by atoms with van der Waals surface area (Å²) in [6.45, 7) is 3.19. The minimum atomic E-state index is -0.657. The van der Waals surface area contributed by atoms with Crippen molar-refractivity contribution in [1.82, 2.24) is 10.2 Å². The fraction of sp³-hybridized carbons (Fsp3) is 0.429. The molecule has 1 atom stereocenters. The van der Waals surface area contributed by atoms with Crippen molar-refractivity contribution >= 4 is 11.8 Å². The van der Waals surface area contributed by atoms with Crippen molar-refractivity contribution in [3.63, 3.8) is 0 Å². The quantitative estimate of drug-likeness (QED) is 0.837. The van der Waals surface area contributed by atoms with Crippen molar-refractivity contribution in [3.05, 3.63) is 29.8 Å². The van der Waals surface area contributed by atoms with Gasteiger partial charge in [-0.2, -0.15) is 0 Å². The number of rotatable bonds is 3. The number of carbonyl (C=O) groups excluding carboxylic acids is 2. The fourth-order valence-corrected chi connectivity index (χ4v) is 2.17. The zero-order valence-corrected chi connectivity index (χ0v) is 11.3. The second-order valence-electron chi connectivity index (χ2n) is 4.50. The summed E-state index contributed by atoms with van der Waals surface area (Å²) in [5.74, 6) is -0.683. The van der Waals surface area contributed by atoms with Crippen LogP contribution in [0.15, 0.2) is 24.3 Å². The summed E-state index contributed by atoms with van der Waals surface area (Å²) in [6.07, 6.45) is 0. The standard InChI is InChI=1S/C14H18N2O4/c1-2-15-13(18)11-9-20-8-7-16(11)14(19)10-5-3-4-6-12(10)17/h3-6,11,17H,2,7-9H2,1H3,(H,15,18). The first-order chi connectivity index (χ1) is 9.65. The first-order valence-electron chi connectivity index (χ1n) is 6.59. The lowest BCUT2D eigenvalue weighted by Crippen LogP contribution is -2.55. The monoisotopic (exact) mass is 278 g/mol. The molecule has 6 heteroatoms. The number of phenolic OH excluding ortho intramolecular Hbond substituents is 1. The number of ether oxygens (including phenoxy) is 1. The third-order valence-corrected chi connectivity index (χ3v) is 3.18. The number of morpholine rings is 1. The van der Waals surface area contributed by atoms with Gasteiger partial charge in [-0.15, -0.1) is 0 Å². The van der Waals surface area contributed by atoms with Crippen molar-refractivity contribution in [1.29, 1.82) is 0 Å². The maximum Gasteiger partial charge on any atom is 0.258 e. The number of nitrogens with zero attached hydrogens (tertiary/aromatic N) is 1. The molecule has 0 radical (unpaired) electrons. The molecule has 20 heavy (non-hydrogen) atoms. The van der Waals surface area contributed by atoms with Gasteiger partial charge >= 0.3 is 0 Å². The van der Waals surface area contributed by atoms with Crippen LogP contribution in [0.1, 0.15) is 17.3 Å². The molecular weight excluding hydrogens is 260 g/mol. The molecule has 0 spiro atoms. The topological polar surface area (TPSA) is 78.9 Å². The van der Waals surface area contributed by atoms with Crippen LogP contribution < -0.4 is 5.32 Å². The summed E-state index contributed by atoms with van der Waals surface area (Å²) in [4.78, 5) is 25.9. The van der Waals surface area contributed by atoms with Gasteiger partial charge in [-0.05, 0) is 19.1 Å². The molecule has 1 fully saturated rings. The van der Waals surface area contributed by atoms with Crippen molar-refractivity contribution in [2.75, 3.05) is 26.3 Å². The molecule has 108 valence electrons. The summed E-state index contributed by atoms with van der Waals surface area (Å²) in [6, 6.07) is 5.66. The van der Waals surface area contributed by atoms with E-state index in [1.54, 1.807) is 18.2 Å². The lowest BCUT2D eigenvalue weighted by Gasteiger charge is -2.34. The van der Waals surface area contributed by atoms with E-state index >= 15 is 0 Å². The van der Waals surface area contributed by atoms with Crippen molar-refractivity contribution in [2.24, 2.45) is 0 Å². The smallest absolute Gasteiger partial charge is 0.258 e. The Bertz CT molecular complexity index is 504. The first kappa shape index (κ1) is 14.3. The minimum absolute atomic E-state index is 0.0846. The van der Waals surface area contributed by atoms with Gasteiger partial charge in [-0.3, -0.25) is 9.59 Å². The Balaban J connectivity index is 2.22. The van der Waals surface area contributed by atoms with Crippen LogP contribution in [0.5, 0.6) is 5.75 Å². The number of carbonyl (C=O) groups is 2. The molecule has 0 aliphatic carbocycles. The lowest BCUT2D eigenvalue weighted by atomic mass is 10.1. The van der Waals surface area contributed by atoms with Crippen LogP contribution in [-0.2, 0) is 9.53 Å². The molecule has 1 heterocycles. The Morgan fingerprint density at radius 2 is 2.20 bits per heavy atom. The van der Waals surface area contributed by atoms with E-state index in [9.17, 15) is 14.7 Å². The molecular formula is C14H18N2O4. The highest BCUT2D eigenvalue weighted by Gasteiger charge is 2.33. The third kappa shape index (κ3) is 2.91. The minimum Gasteiger partial charge on any atom is -0.507 e. The molecule has 1 aromatic carbocycles. The zero-order chi connectivity index (χ0) is 14.5. The molecule has 2 N–H and O–H groups in total. The number of amides is 2. The van der Waals surface area contributed by atoms with E-state index in [1.165, 1.54) is 11.0 Å². The molecule has 2 amide bonds. The first-order valence-corrected chi connectivity index (χ1v) is 6.59. The van der Waals surface area contributed by atoms with E-state index in [0.29, 0.717) is 19.7 Å². The van der Waals surface area contributed by atoms with Crippen LogP contribution in [0.3, 0.4) is 0 Å². The number of nitrogens with one attached hydrogen (secondary N) is 1. The second-order valence-corrected chi connectivity index (χ2v) is 4.50. The average Bonchev–Trinajstić information content (AvgIpc) is 2.47. The van der Waals surface area contributed by atoms with E-state index in [-0.39, 0.29) is 29.7 Å². The summed E-state index contributed by atoms with van der Waals surface area (Å²) >= 11 is 0. The lowest BCUT2D eigenvalue weighted by molar-refractivity contribution is -0.130. The number of aromatic hydroxyl groups is 1. The molecule has 1 aromatic rings. The van der Waals surface area contributed by atoms with Crippen molar-refractivity contribution < 1.29 is 19.4 Å². The molecule has 1 aliphatic rings. The second kappa shape index (κ2) is 6.38. The summed E-state index contributed by atoms with van der Waals surface area (Å²) in [7, 11) is 0. The predicted molar refractivity (Wildman–Crippen MR) is 72.4 cm³/mol. The maximum atomic E-state index is 12.5. The van der Waals surface area contributed by atoms with Gasteiger partial charge in [-0.25, -0.2) is 0 Å². The van der Waals surface area contributed by atoms with Crippen LogP contribution in [0.4, 0.5) is 0 Å². The summed E-state index contributed by atoms with van der Waals surface area (Å²) in [5.41, 5.74) is 0.198. The predicted octanol–water partition coefficient (Wildman–Crippen LogP) is 0.369. The van der Waals surface area contributed by atoms with Crippen LogP contribution in [0, 0.1) is 0 Å². The number of phenols is 1. The molecule has 6 nitrogen and oxygen atoms in total. The van der Waals surface area contributed by atoms with Gasteiger partial charge in [0, 0.05) is 13.1 Å². The highest BCUT2D eigenvalue weighted by atomic mass is 16.5. The van der Waals surface area contributed by atoms with Crippen LogP contribution in [0.25, 0.3) is 0 Å². The number of hydrogen-bond donors (Lipinski definition) is 2. The average molecular weight is 278 g/mol. The van der Waals surface area contributed by atoms with Crippen LogP contribution in [0.2, 0.25) is 0 Å².